The van der Waals surface area contributed by atoms with Gasteiger partial charge in [0.05, 0.1) is 10.6 Å². The van der Waals surface area contributed by atoms with Gasteiger partial charge in [-0.25, -0.2) is 22.5 Å². The smallest absolute Gasteiger partial charge is 0.241 e. The van der Waals surface area contributed by atoms with Crippen LogP contribution >= 0.6 is 0 Å². The van der Waals surface area contributed by atoms with Gasteiger partial charge >= 0.3 is 0 Å². The van der Waals surface area contributed by atoms with E-state index in [1.54, 1.807) is 49.9 Å². The Kier molecular flexibility index (Phi) is 5.41. The molecule has 0 unspecified atom stereocenters. The van der Waals surface area contributed by atoms with E-state index < -0.39 is 15.8 Å². The zero-order valence-electron chi connectivity index (χ0n) is 16.7. The molecule has 0 amide bonds. The molecular weight excluding hydrogens is 377 g/mol. The summed E-state index contributed by atoms with van der Waals surface area (Å²) in [7, 11) is -3.73. The van der Waals surface area contributed by atoms with Crippen LogP contribution in [0.4, 0.5) is 4.39 Å². The quantitative estimate of drug-likeness (QED) is 0.702. The van der Waals surface area contributed by atoms with Crippen LogP contribution in [0.2, 0.25) is 0 Å². The Morgan fingerprint density at radius 1 is 1.04 bits per heavy atom. The molecule has 0 fully saturated rings. The topological polar surface area (TPSA) is 64.0 Å². The number of aryl methyl sites for hydroxylation is 3. The maximum absolute atomic E-state index is 14.5. The summed E-state index contributed by atoms with van der Waals surface area (Å²) < 4.78 is 44.6. The highest BCUT2D eigenvalue weighted by molar-refractivity contribution is 7.89. The third kappa shape index (κ3) is 3.72. The van der Waals surface area contributed by atoms with Gasteiger partial charge in [-0.3, -0.25) is 0 Å². The van der Waals surface area contributed by atoms with Crippen molar-refractivity contribution in [1.29, 1.82) is 0 Å². The summed E-state index contributed by atoms with van der Waals surface area (Å²) in [5.74, 6) is 0.240. The molecule has 3 aromatic rings. The summed E-state index contributed by atoms with van der Waals surface area (Å²) in [6.45, 7) is 9.20. The lowest BCUT2D eigenvalue weighted by Crippen LogP contribution is -2.25. The van der Waals surface area contributed by atoms with Crippen LogP contribution in [0.3, 0.4) is 0 Å². The summed E-state index contributed by atoms with van der Waals surface area (Å²) in [6.07, 6.45) is 3.28. The molecule has 0 aliphatic heterocycles. The third-order valence-corrected chi connectivity index (χ3v) is 6.80. The van der Waals surface area contributed by atoms with Gasteiger partial charge in [0.15, 0.2) is 0 Å². The molecular formula is C21H24FN3O2S. The van der Waals surface area contributed by atoms with Gasteiger partial charge < -0.3 is 4.57 Å². The molecule has 28 heavy (non-hydrogen) atoms. The lowest BCUT2D eigenvalue weighted by molar-refractivity contribution is 0.578. The second kappa shape index (κ2) is 7.48. The molecule has 3 rings (SSSR count). The molecule has 0 spiro atoms. The predicted molar refractivity (Wildman–Crippen MR) is 108 cm³/mol. The summed E-state index contributed by atoms with van der Waals surface area (Å²) in [4.78, 5) is 4.40. The minimum Gasteiger partial charge on any atom is -0.301 e. The molecule has 148 valence electrons. The van der Waals surface area contributed by atoms with Crippen molar-refractivity contribution >= 4 is 10.0 Å². The average molecular weight is 402 g/mol. The Balaban J connectivity index is 1.87. The van der Waals surface area contributed by atoms with Crippen molar-refractivity contribution in [2.24, 2.45) is 0 Å². The molecule has 5 nitrogen and oxygen atoms in total. The monoisotopic (exact) mass is 401 g/mol. The first kappa shape index (κ1) is 20.2. The first-order valence-corrected chi connectivity index (χ1v) is 10.5. The van der Waals surface area contributed by atoms with Gasteiger partial charge in [-0.15, -0.1) is 0 Å². The molecule has 0 saturated heterocycles. The van der Waals surface area contributed by atoms with E-state index in [4.69, 9.17) is 0 Å². The van der Waals surface area contributed by atoms with Crippen LogP contribution in [-0.2, 0) is 16.6 Å². The Bertz CT molecular complexity index is 1120. The fourth-order valence-corrected chi connectivity index (χ4v) is 4.95. The van der Waals surface area contributed by atoms with E-state index in [0.29, 0.717) is 22.0 Å². The van der Waals surface area contributed by atoms with Gasteiger partial charge in [0.1, 0.15) is 11.6 Å². The van der Waals surface area contributed by atoms with Crippen molar-refractivity contribution in [2.75, 3.05) is 0 Å². The highest BCUT2D eigenvalue weighted by Crippen LogP contribution is 2.26. The highest BCUT2D eigenvalue weighted by Gasteiger charge is 2.22. The fraction of sp³-hybridized carbons (Fsp3) is 0.286. The van der Waals surface area contributed by atoms with Crippen molar-refractivity contribution in [3.63, 3.8) is 0 Å². The minimum absolute atomic E-state index is 0.00825. The van der Waals surface area contributed by atoms with Gasteiger partial charge in [-0.05, 0) is 74.6 Å². The van der Waals surface area contributed by atoms with Gasteiger partial charge in [0.2, 0.25) is 10.0 Å². The number of rotatable bonds is 5. The number of imidazole rings is 1. The number of halogens is 1. The van der Waals surface area contributed by atoms with Crippen LogP contribution in [0.5, 0.6) is 0 Å². The number of aromatic nitrogens is 2. The molecule has 0 radical (unpaired) electrons. The van der Waals surface area contributed by atoms with E-state index in [1.807, 2.05) is 19.9 Å². The Morgan fingerprint density at radius 2 is 1.68 bits per heavy atom. The van der Waals surface area contributed by atoms with Crippen LogP contribution in [0.25, 0.3) is 5.69 Å². The minimum atomic E-state index is -3.73. The molecule has 0 aliphatic carbocycles. The predicted octanol–water partition coefficient (Wildman–Crippen LogP) is 4.03. The van der Waals surface area contributed by atoms with Crippen molar-refractivity contribution in [2.45, 2.75) is 46.1 Å². The van der Waals surface area contributed by atoms with E-state index in [-0.39, 0.29) is 6.54 Å². The Hall–Kier alpha value is -2.51. The fourth-order valence-electron chi connectivity index (χ4n) is 3.32. The second-order valence-electron chi connectivity index (χ2n) is 7.04. The molecule has 1 heterocycles. The second-order valence-corrected chi connectivity index (χ2v) is 8.75. The molecule has 0 aliphatic rings. The van der Waals surface area contributed by atoms with Crippen molar-refractivity contribution in [1.82, 2.24) is 14.3 Å². The van der Waals surface area contributed by atoms with Gasteiger partial charge in [-0.2, -0.15) is 0 Å². The molecule has 1 aromatic heterocycles. The van der Waals surface area contributed by atoms with E-state index in [0.717, 1.165) is 22.3 Å². The summed E-state index contributed by atoms with van der Waals surface area (Å²) in [6, 6.07) is 6.66. The largest absolute Gasteiger partial charge is 0.301 e. The molecule has 7 heteroatoms. The summed E-state index contributed by atoms with van der Waals surface area (Å²) >= 11 is 0. The first-order valence-electron chi connectivity index (χ1n) is 8.97. The van der Waals surface area contributed by atoms with Crippen molar-refractivity contribution in [3.8, 4) is 5.69 Å². The molecule has 0 bridgehead atoms. The van der Waals surface area contributed by atoms with E-state index >= 15 is 0 Å². The van der Waals surface area contributed by atoms with E-state index in [1.165, 1.54) is 6.07 Å². The zero-order chi connectivity index (χ0) is 20.6. The molecule has 2 aromatic carbocycles. The normalized spacial score (nSPS) is 11.8. The number of hydrogen-bond donors (Lipinski definition) is 1. The Labute approximate surface area is 165 Å². The number of nitrogens with one attached hydrogen (secondary N) is 1. The SMILES string of the molecule is Cc1cc(C)c(C)c(S(=O)(=O)NCc2ccc(-n3ccnc3C)c(F)c2)c1C. The van der Waals surface area contributed by atoms with Crippen LogP contribution < -0.4 is 4.72 Å². The number of benzene rings is 2. The van der Waals surface area contributed by atoms with Gasteiger partial charge in [0, 0.05) is 18.9 Å². The average Bonchev–Trinajstić information content (AvgIpc) is 3.04. The van der Waals surface area contributed by atoms with Gasteiger partial charge in [-0.1, -0.05) is 12.1 Å². The summed E-state index contributed by atoms with van der Waals surface area (Å²) in [5.41, 5.74) is 4.23. The summed E-state index contributed by atoms with van der Waals surface area (Å²) in [5, 5.41) is 0. The lowest BCUT2D eigenvalue weighted by atomic mass is 10.0. The number of sulfonamides is 1. The van der Waals surface area contributed by atoms with Gasteiger partial charge in [0.25, 0.3) is 0 Å². The lowest BCUT2D eigenvalue weighted by Gasteiger charge is -2.16. The highest BCUT2D eigenvalue weighted by atomic mass is 32.2. The van der Waals surface area contributed by atoms with Crippen molar-refractivity contribution < 1.29 is 12.8 Å². The van der Waals surface area contributed by atoms with Crippen LogP contribution in [0.1, 0.15) is 33.6 Å². The number of nitrogens with zero attached hydrogens (tertiary/aromatic N) is 2. The molecule has 0 saturated carbocycles. The molecule has 1 N–H and O–H groups in total. The standard InChI is InChI=1S/C21H24FN3O2S/c1-13-10-14(2)16(4)21(15(13)3)28(26,27)24-12-18-6-7-20(19(22)11-18)25-9-8-23-17(25)5/h6-11,24H,12H2,1-5H3. The number of hydrogen-bond acceptors (Lipinski definition) is 3. The Morgan fingerprint density at radius 3 is 2.21 bits per heavy atom. The zero-order valence-corrected chi connectivity index (χ0v) is 17.5. The first-order chi connectivity index (χ1) is 13.1. The third-order valence-electron chi connectivity index (χ3n) is 5.13. The van der Waals surface area contributed by atoms with Crippen LogP contribution in [0, 0.1) is 40.4 Å². The maximum Gasteiger partial charge on any atom is 0.241 e. The van der Waals surface area contributed by atoms with Crippen LogP contribution in [-0.4, -0.2) is 18.0 Å². The molecule has 0 atom stereocenters. The van der Waals surface area contributed by atoms with E-state index in [2.05, 4.69) is 9.71 Å². The van der Waals surface area contributed by atoms with Crippen LogP contribution in [0.15, 0.2) is 41.6 Å². The van der Waals surface area contributed by atoms with E-state index in [9.17, 15) is 12.8 Å². The maximum atomic E-state index is 14.5. The van der Waals surface area contributed by atoms with Crippen molar-refractivity contribution in [3.05, 3.63) is 76.1 Å².